The molecule has 2 heterocycles. The zero-order valence-electron chi connectivity index (χ0n) is 21.0. The molecule has 0 unspecified atom stereocenters. The van der Waals surface area contributed by atoms with Crippen LogP contribution in [-0.4, -0.2) is 30.1 Å². The van der Waals surface area contributed by atoms with Crippen LogP contribution in [0.5, 0.6) is 11.5 Å². The van der Waals surface area contributed by atoms with Crippen molar-refractivity contribution in [1.82, 2.24) is 9.97 Å². The van der Waals surface area contributed by atoms with Crippen LogP contribution in [0.25, 0.3) is 21.3 Å². The molecule has 0 fully saturated rings. The molecule has 7 nitrogen and oxygen atoms in total. The summed E-state index contributed by atoms with van der Waals surface area (Å²) in [6, 6.07) is 19.0. The fourth-order valence-electron chi connectivity index (χ4n) is 4.10. The summed E-state index contributed by atoms with van der Waals surface area (Å²) in [5.74, 6) is 1.42. The summed E-state index contributed by atoms with van der Waals surface area (Å²) in [7, 11) is 3.14. The number of carbonyl (C=O) groups is 1. The number of aromatic nitrogens is 2. The molecule has 8 heteroatoms. The Morgan fingerprint density at radius 3 is 2.32 bits per heavy atom. The molecule has 2 aromatic heterocycles. The standard InChI is InChI=1S/C29H26N4O3S/c1-17-10-11-20(12-18(17)2)21-15-37-29-26(21)27(30-16-31-29)32-22-13-25(36-4)23(14-24(22)35-3)33-28(34)19-8-6-5-7-9-19/h5-16H,1-4H3,(H,33,34)(H,30,31,32). The maximum atomic E-state index is 12.8. The molecule has 5 aromatic rings. The van der Waals surface area contributed by atoms with E-state index in [0.29, 0.717) is 34.3 Å². The lowest BCUT2D eigenvalue weighted by Crippen LogP contribution is -2.13. The predicted octanol–water partition coefficient (Wildman–Crippen LogP) is 6.99. The van der Waals surface area contributed by atoms with E-state index < -0.39 is 0 Å². The number of aryl methyl sites for hydroxylation is 2. The summed E-state index contributed by atoms with van der Waals surface area (Å²) < 4.78 is 11.3. The molecule has 0 aliphatic heterocycles. The first-order chi connectivity index (χ1) is 18.0. The quantitative estimate of drug-likeness (QED) is 0.245. The highest BCUT2D eigenvalue weighted by atomic mass is 32.1. The molecule has 1 amide bonds. The van der Waals surface area contributed by atoms with Gasteiger partial charge in [-0.1, -0.05) is 36.4 Å². The van der Waals surface area contributed by atoms with Gasteiger partial charge in [0.25, 0.3) is 5.91 Å². The number of ether oxygens (including phenoxy) is 2. The monoisotopic (exact) mass is 510 g/mol. The summed E-state index contributed by atoms with van der Waals surface area (Å²) >= 11 is 1.57. The van der Waals surface area contributed by atoms with Crippen LogP contribution >= 0.6 is 11.3 Å². The Bertz CT molecular complexity index is 1600. The molecule has 0 saturated heterocycles. The molecule has 0 aliphatic rings. The molecule has 0 radical (unpaired) electrons. The second-order valence-electron chi connectivity index (χ2n) is 8.55. The van der Waals surface area contributed by atoms with E-state index in [-0.39, 0.29) is 5.91 Å². The number of anilines is 3. The van der Waals surface area contributed by atoms with Crippen molar-refractivity contribution in [1.29, 1.82) is 0 Å². The molecule has 186 valence electrons. The van der Waals surface area contributed by atoms with Crippen LogP contribution in [-0.2, 0) is 0 Å². The van der Waals surface area contributed by atoms with Crippen LogP contribution in [0.15, 0.2) is 72.4 Å². The number of hydrogen-bond acceptors (Lipinski definition) is 7. The summed E-state index contributed by atoms with van der Waals surface area (Å²) in [5, 5.41) is 9.36. The van der Waals surface area contributed by atoms with E-state index in [9.17, 15) is 4.79 Å². The predicted molar refractivity (Wildman–Crippen MR) is 150 cm³/mol. The van der Waals surface area contributed by atoms with Gasteiger partial charge in [-0.05, 0) is 42.7 Å². The molecule has 5 rings (SSSR count). The number of fused-ring (bicyclic) bond motifs is 1. The fraction of sp³-hybridized carbons (Fsp3) is 0.138. The van der Waals surface area contributed by atoms with Crippen LogP contribution in [0, 0.1) is 13.8 Å². The zero-order valence-corrected chi connectivity index (χ0v) is 21.8. The van der Waals surface area contributed by atoms with Crippen molar-refractivity contribution in [2.24, 2.45) is 0 Å². The van der Waals surface area contributed by atoms with Crippen molar-refractivity contribution >= 4 is 44.7 Å². The smallest absolute Gasteiger partial charge is 0.255 e. The number of carbonyl (C=O) groups excluding carboxylic acids is 1. The van der Waals surface area contributed by atoms with Gasteiger partial charge in [-0.3, -0.25) is 4.79 Å². The van der Waals surface area contributed by atoms with E-state index in [1.165, 1.54) is 11.1 Å². The van der Waals surface area contributed by atoms with Crippen LogP contribution in [0.4, 0.5) is 17.2 Å². The normalized spacial score (nSPS) is 10.8. The molecule has 37 heavy (non-hydrogen) atoms. The average Bonchev–Trinajstić information content (AvgIpc) is 3.36. The van der Waals surface area contributed by atoms with Gasteiger partial charge in [-0.25, -0.2) is 9.97 Å². The lowest BCUT2D eigenvalue weighted by molar-refractivity contribution is 0.102. The second-order valence-corrected chi connectivity index (χ2v) is 9.41. The van der Waals surface area contributed by atoms with Crippen LogP contribution in [0.1, 0.15) is 21.5 Å². The first-order valence-electron chi connectivity index (χ1n) is 11.7. The molecule has 0 aliphatic carbocycles. The summed E-state index contributed by atoms with van der Waals surface area (Å²) in [6.45, 7) is 4.21. The lowest BCUT2D eigenvalue weighted by Gasteiger charge is -2.17. The molecule has 0 atom stereocenters. The number of rotatable bonds is 7. The van der Waals surface area contributed by atoms with E-state index in [2.05, 4.69) is 58.0 Å². The molecule has 0 bridgehead atoms. The van der Waals surface area contributed by atoms with Crippen LogP contribution in [0.3, 0.4) is 0 Å². The van der Waals surface area contributed by atoms with Crippen molar-refractivity contribution < 1.29 is 14.3 Å². The molecular weight excluding hydrogens is 484 g/mol. The average molecular weight is 511 g/mol. The Hall–Kier alpha value is -4.43. The molecule has 0 spiro atoms. The largest absolute Gasteiger partial charge is 0.494 e. The van der Waals surface area contributed by atoms with Gasteiger partial charge in [0.1, 0.15) is 28.5 Å². The van der Waals surface area contributed by atoms with Gasteiger partial charge in [0, 0.05) is 28.6 Å². The third kappa shape index (κ3) is 4.83. The molecule has 0 saturated carbocycles. The van der Waals surface area contributed by atoms with E-state index in [1.54, 1.807) is 56.1 Å². The van der Waals surface area contributed by atoms with Gasteiger partial charge >= 0.3 is 0 Å². The first-order valence-corrected chi connectivity index (χ1v) is 12.6. The minimum atomic E-state index is -0.240. The highest BCUT2D eigenvalue weighted by Gasteiger charge is 2.18. The van der Waals surface area contributed by atoms with E-state index >= 15 is 0 Å². The van der Waals surface area contributed by atoms with Gasteiger partial charge < -0.3 is 20.1 Å². The minimum absolute atomic E-state index is 0.240. The highest BCUT2D eigenvalue weighted by molar-refractivity contribution is 7.17. The number of nitrogens with zero attached hydrogens (tertiary/aromatic N) is 2. The first kappa shape index (κ1) is 24.3. The summed E-state index contributed by atoms with van der Waals surface area (Å²) in [4.78, 5) is 22.7. The van der Waals surface area contributed by atoms with Crippen molar-refractivity contribution in [3.63, 3.8) is 0 Å². The maximum absolute atomic E-state index is 12.8. The van der Waals surface area contributed by atoms with Crippen molar-refractivity contribution in [3.05, 3.63) is 89.1 Å². The van der Waals surface area contributed by atoms with Gasteiger partial charge in [0.05, 0.1) is 31.0 Å². The number of methoxy groups -OCH3 is 2. The van der Waals surface area contributed by atoms with Gasteiger partial charge in [0.2, 0.25) is 0 Å². The molecular formula is C29H26N4O3S. The van der Waals surface area contributed by atoms with E-state index in [4.69, 9.17) is 9.47 Å². The van der Waals surface area contributed by atoms with E-state index in [1.807, 2.05) is 18.2 Å². The van der Waals surface area contributed by atoms with Crippen LogP contribution in [0.2, 0.25) is 0 Å². The third-order valence-electron chi connectivity index (χ3n) is 6.25. The number of hydrogen-bond donors (Lipinski definition) is 2. The fourth-order valence-corrected chi connectivity index (χ4v) is 5.01. The minimum Gasteiger partial charge on any atom is -0.494 e. The molecule has 2 N–H and O–H groups in total. The Labute approximate surface area is 219 Å². The SMILES string of the molecule is COc1cc(Nc2ncnc3scc(-c4ccc(C)c(C)c4)c23)c(OC)cc1NC(=O)c1ccccc1. The summed E-state index contributed by atoms with van der Waals surface area (Å²) in [6.07, 6.45) is 1.55. The Kier molecular flexibility index (Phi) is 6.74. The maximum Gasteiger partial charge on any atom is 0.255 e. The Morgan fingerprint density at radius 1 is 0.865 bits per heavy atom. The molecule has 3 aromatic carbocycles. The number of amides is 1. The lowest BCUT2D eigenvalue weighted by atomic mass is 10.0. The van der Waals surface area contributed by atoms with Gasteiger partial charge in [0.15, 0.2) is 0 Å². The number of thiophene rings is 1. The van der Waals surface area contributed by atoms with Gasteiger partial charge in [-0.15, -0.1) is 11.3 Å². The van der Waals surface area contributed by atoms with Crippen molar-refractivity contribution in [3.8, 4) is 22.6 Å². The Morgan fingerprint density at radius 2 is 1.59 bits per heavy atom. The van der Waals surface area contributed by atoms with Gasteiger partial charge in [-0.2, -0.15) is 0 Å². The summed E-state index contributed by atoms with van der Waals surface area (Å²) in [5.41, 5.74) is 6.33. The number of nitrogens with one attached hydrogen (secondary N) is 2. The van der Waals surface area contributed by atoms with E-state index in [0.717, 1.165) is 21.3 Å². The van der Waals surface area contributed by atoms with Crippen molar-refractivity contribution in [2.45, 2.75) is 13.8 Å². The highest BCUT2D eigenvalue weighted by Crippen LogP contribution is 2.41. The van der Waals surface area contributed by atoms with Crippen LogP contribution < -0.4 is 20.1 Å². The number of benzene rings is 3. The van der Waals surface area contributed by atoms with Crippen molar-refractivity contribution in [2.75, 3.05) is 24.9 Å². The Balaban J connectivity index is 1.53. The topological polar surface area (TPSA) is 85.4 Å². The zero-order chi connectivity index (χ0) is 25.9. The third-order valence-corrected chi connectivity index (χ3v) is 7.13. The second kappa shape index (κ2) is 10.3.